The van der Waals surface area contributed by atoms with Crippen molar-refractivity contribution in [2.45, 2.75) is 0 Å². The first kappa shape index (κ1) is 15.3. The molecule has 2 aromatic rings. The Morgan fingerprint density at radius 1 is 1.26 bits per heavy atom. The topological polar surface area (TPSA) is 93.8 Å². The fraction of sp³-hybridized carbons (Fsp3) is 0.250. The maximum atomic E-state index is 11.6. The maximum absolute atomic E-state index is 11.6. The Kier molecular flexibility index (Phi) is 4.19. The van der Waals surface area contributed by atoms with Crippen LogP contribution in [0.2, 0.25) is 0 Å². The van der Waals surface area contributed by atoms with Crippen molar-refractivity contribution in [3.8, 4) is 22.9 Å². The minimum absolute atomic E-state index is 0.0905. The summed E-state index contributed by atoms with van der Waals surface area (Å²) in [5.41, 5.74) is 1.37. The molecule has 1 fully saturated rings. The first-order valence-corrected chi connectivity index (χ1v) is 7.85. The Balaban J connectivity index is 2.16. The Morgan fingerprint density at radius 3 is 2.48 bits per heavy atom. The number of morpholine rings is 1. The van der Waals surface area contributed by atoms with Crippen LogP contribution in [-0.4, -0.2) is 42.5 Å². The largest absolute Gasteiger partial charge is 0.508 e. The van der Waals surface area contributed by atoms with E-state index in [-0.39, 0.29) is 10.6 Å². The van der Waals surface area contributed by atoms with Crippen LogP contribution in [0.15, 0.2) is 24.3 Å². The first-order chi connectivity index (χ1) is 11.1. The van der Waals surface area contributed by atoms with Gasteiger partial charge in [0.15, 0.2) is 0 Å². The SMILES string of the molecule is N#Cc1c(N2CCOCC2)sc(C(=O)O)c1-c1ccc(O)cc1. The van der Waals surface area contributed by atoms with Gasteiger partial charge in [-0.05, 0) is 17.7 Å². The van der Waals surface area contributed by atoms with Crippen molar-refractivity contribution in [2.24, 2.45) is 0 Å². The summed E-state index contributed by atoms with van der Waals surface area (Å²) in [5, 5.41) is 29.2. The standard InChI is InChI=1S/C16H14N2O4S/c17-9-12-13(10-1-3-11(19)4-2-10)14(16(20)21)23-15(12)18-5-7-22-8-6-18/h1-4,19H,5-8H2,(H,20,21). The molecule has 1 aromatic heterocycles. The van der Waals surface area contributed by atoms with Crippen LogP contribution in [0.1, 0.15) is 15.2 Å². The summed E-state index contributed by atoms with van der Waals surface area (Å²) >= 11 is 1.11. The van der Waals surface area contributed by atoms with Gasteiger partial charge in [-0.3, -0.25) is 0 Å². The van der Waals surface area contributed by atoms with Crippen LogP contribution in [-0.2, 0) is 4.74 Å². The zero-order chi connectivity index (χ0) is 16.4. The molecule has 23 heavy (non-hydrogen) atoms. The number of aromatic hydroxyl groups is 1. The van der Waals surface area contributed by atoms with Crippen LogP contribution in [0.25, 0.3) is 11.1 Å². The number of anilines is 1. The quantitative estimate of drug-likeness (QED) is 0.898. The molecule has 1 saturated heterocycles. The number of hydrogen-bond donors (Lipinski definition) is 2. The van der Waals surface area contributed by atoms with E-state index in [1.54, 1.807) is 12.1 Å². The molecule has 7 heteroatoms. The third-order valence-corrected chi connectivity index (χ3v) is 4.89. The molecular formula is C16H14N2O4S. The molecule has 0 aliphatic carbocycles. The number of benzene rings is 1. The molecule has 2 N–H and O–H groups in total. The smallest absolute Gasteiger partial charge is 0.346 e. The third-order valence-electron chi connectivity index (χ3n) is 3.65. The van der Waals surface area contributed by atoms with Crippen molar-refractivity contribution in [1.82, 2.24) is 0 Å². The second kappa shape index (κ2) is 6.28. The molecule has 0 spiro atoms. The number of carboxylic acid groups (broad SMARTS) is 1. The van der Waals surface area contributed by atoms with Gasteiger partial charge < -0.3 is 19.8 Å². The van der Waals surface area contributed by atoms with Crippen molar-refractivity contribution < 1.29 is 19.7 Å². The van der Waals surface area contributed by atoms with Crippen LogP contribution in [0, 0.1) is 11.3 Å². The molecule has 0 atom stereocenters. The number of ether oxygens (including phenoxy) is 1. The van der Waals surface area contributed by atoms with Gasteiger partial charge >= 0.3 is 5.97 Å². The van der Waals surface area contributed by atoms with Gasteiger partial charge in [-0.15, -0.1) is 11.3 Å². The fourth-order valence-electron chi connectivity index (χ4n) is 2.57. The molecule has 0 radical (unpaired) electrons. The van der Waals surface area contributed by atoms with Crippen LogP contribution in [0.3, 0.4) is 0 Å². The molecular weight excluding hydrogens is 316 g/mol. The molecule has 1 aromatic carbocycles. The van der Waals surface area contributed by atoms with Crippen molar-refractivity contribution >= 4 is 22.3 Å². The molecule has 0 bridgehead atoms. The summed E-state index contributed by atoms with van der Waals surface area (Å²) in [6.07, 6.45) is 0. The monoisotopic (exact) mass is 330 g/mol. The molecule has 6 nitrogen and oxygen atoms in total. The van der Waals surface area contributed by atoms with Gasteiger partial charge in [0.25, 0.3) is 0 Å². The van der Waals surface area contributed by atoms with Gasteiger partial charge in [0.1, 0.15) is 21.7 Å². The minimum atomic E-state index is -1.06. The average molecular weight is 330 g/mol. The molecule has 0 saturated carbocycles. The average Bonchev–Trinajstić information content (AvgIpc) is 2.96. The lowest BCUT2D eigenvalue weighted by Crippen LogP contribution is -2.36. The highest BCUT2D eigenvalue weighted by molar-refractivity contribution is 7.18. The maximum Gasteiger partial charge on any atom is 0.346 e. The summed E-state index contributed by atoms with van der Waals surface area (Å²) in [7, 11) is 0. The molecule has 3 rings (SSSR count). The number of aromatic carboxylic acids is 1. The van der Waals surface area contributed by atoms with E-state index in [0.717, 1.165) is 11.3 Å². The number of phenols is 1. The number of carbonyl (C=O) groups is 1. The van der Waals surface area contributed by atoms with Crippen molar-refractivity contribution in [2.75, 3.05) is 31.2 Å². The molecule has 0 unspecified atom stereocenters. The minimum Gasteiger partial charge on any atom is -0.508 e. The van der Waals surface area contributed by atoms with Crippen molar-refractivity contribution in [3.63, 3.8) is 0 Å². The molecule has 2 heterocycles. The highest BCUT2D eigenvalue weighted by Crippen LogP contribution is 2.42. The zero-order valence-corrected chi connectivity index (χ0v) is 13.0. The van der Waals surface area contributed by atoms with Gasteiger partial charge in [-0.2, -0.15) is 5.26 Å². The van der Waals surface area contributed by atoms with E-state index in [1.165, 1.54) is 12.1 Å². The third kappa shape index (κ3) is 2.86. The molecule has 1 aliphatic rings. The van der Waals surface area contributed by atoms with Gasteiger partial charge in [-0.1, -0.05) is 12.1 Å². The first-order valence-electron chi connectivity index (χ1n) is 7.04. The van der Waals surface area contributed by atoms with E-state index in [9.17, 15) is 20.3 Å². The summed E-state index contributed by atoms with van der Waals surface area (Å²) in [4.78, 5) is 13.8. The van der Waals surface area contributed by atoms with E-state index in [2.05, 4.69) is 6.07 Å². The number of phenolic OH excluding ortho intramolecular Hbond substituents is 1. The summed E-state index contributed by atoms with van der Waals surface area (Å²) in [5.74, 6) is -0.971. The van der Waals surface area contributed by atoms with Crippen LogP contribution in [0.5, 0.6) is 5.75 Å². The van der Waals surface area contributed by atoms with Crippen LogP contribution < -0.4 is 4.90 Å². The number of rotatable bonds is 3. The number of carboxylic acids is 1. The van der Waals surface area contributed by atoms with E-state index < -0.39 is 5.97 Å². The number of thiophene rings is 1. The Labute approximate surface area is 136 Å². The van der Waals surface area contributed by atoms with Crippen LogP contribution in [0.4, 0.5) is 5.00 Å². The van der Waals surface area contributed by atoms with E-state index >= 15 is 0 Å². The zero-order valence-electron chi connectivity index (χ0n) is 12.2. The highest BCUT2D eigenvalue weighted by Gasteiger charge is 2.27. The predicted molar refractivity (Wildman–Crippen MR) is 86.1 cm³/mol. The van der Waals surface area contributed by atoms with Gasteiger partial charge in [-0.25, -0.2) is 4.79 Å². The second-order valence-electron chi connectivity index (χ2n) is 5.05. The van der Waals surface area contributed by atoms with E-state index in [0.29, 0.717) is 48.0 Å². The van der Waals surface area contributed by atoms with E-state index in [1.807, 2.05) is 4.90 Å². The molecule has 1 aliphatic heterocycles. The van der Waals surface area contributed by atoms with Crippen molar-refractivity contribution in [1.29, 1.82) is 5.26 Å². The van der Waals surface area contributed by atoms with Gasteiger partial charge in [0.05, 0.1) is 18.8 Å². The second-order valence-corrected chi connectivity index (χ2v) is 6.05. The van der Waals surface area contributed by atoms with Gasteiger partial charge in [0, 0.05) is 18.7 Å². The lowest BCUT2D eigenvalue weighted by Gasteiger charge is -2.27. The number of nitrogens with zero attached hydrogens (tertiary/aromatic N) is 2. The van der Waals surface area contributed by atoms with E-state index in [4.69, 9.17) is 4.74 Å². The summed E-state index contributed by atoms with van der Waals surface area (Å²) in [6.45, 7) is 2.37. The Morgan fingerprint density at radius 2 is 1.91 bits per heavy atom. The summed E-state index contributed by atoms with van der Waals surface area (Å²) in [6, 6.07) is 8.35. The van der Waals surface area contributed by atoms with Gasteiger partial charge in [0.2, 0.25) is 0 Å². The lowest BCUT2D eigenvalue weighted by atomic mass is 10.0. The normalized spacial score (nSPS) is 14.5. The number of nitriles is 1. The predicted octanol–water partition coefficient (Wildman–Crippen LogP) is 2.53. The Bertz CT molecular complexity index is 771. The lowest BCUT2D eigenvalue weighted by molar-refractivity contribution is 0.0703. The van der Waals surface area contributed by atoms with Crippen LogP contribution >= 0.6 is 11.3 Å². The fourth-order valence-corrected chi connectivity index (χ4v) is 3.73. The summed E-state index contributed by atoms with van der Waals surface area (Å²) < 4.78 is 5.31. The molecule has 0 amide bonds. The molecule has 118 valence electrons. The number of hydrogen-bond acceptors (Lipinski definition) is 6. The van der Waals surface area contributed by atoms with Crippen molar-refractivity contribution in [3.05, 3.63) is 34.7 Å². The highest BCUT2D eigenvalue weighted by atomic mass is 32.1. The Hall–Kier alpha value is -2.56.